The molecule has 1 saturated heterocycles. The number of nitrogens with zero attached hydrogens (tertiary/aromatic N) is 3. The molecule has 1 N–H and O–H groups in total. The van der Waals surface area contributed by atoms with Gasteiger partial charge in [0.1, 0.15) is 5.75 Å². The summed E-state index contributed by atoms with van der Waals surface area (Å²) in [5, 5.41) is 10.3. The average molecular weight is 396 g/mol. The van der Waals surface area contributed by atoms with E-state index < -0.39 is 22.0 Å². The van der Waals surface area contributed by atoms with E-state index in [0.29, 0.717) is 25.3 Å². The number of para-hydroxylation sites is 1. The van der Waals surface area contributed by atoms with Gasteiger partial charge in [0.2, 0.25) is 9.47 Å². The Morgan fingerprint density at radius 1 is 1.27 bits per heavy atom. The van der Waals surface area contributed by atoms with Crippen LogP contribution in [0.15, 0.2) is 34.7 Å². The smallest absolute Gasteiger partial charge is 0.272 e. The van der Waals surface area contributed by atoms with Gasteiger partial charge < -0.3 is 4.74 Å². The maximum atomic E-state index is 12.5. The molecule has 26 heavy (non-hydrogen) atoms. The molecule has 0 bridgehead atoms. The number of amides is 1. The molecule has 1 fully saturated rings. The number of carbonyl (C=O) groups excluding carboxylic acids is 1. The number of aromatic nitrogens is 2. The Morgan fingerprint density at radius 2 is 1.96 bits per heavy atom. The molecule has 1 aromatic carbocycles. The lowest BCUT2D eigenvalue weighted by Gasteiger charge is -2.16. The van der Waals surface area contributed by atoms with Crippen LogP contribution in [0.1, 0.15) is 26.2 Å². The van der Waals surface area contributed by atoms with Crippen molar-refractivity contribution in [2.45, 2.75) is 36.6 Å². The summed E-state index contributed by atoms with van der Waals surface area (Å²) < 4.78 is 31.9. The summed E-state index contributed by atoms with van der Waals surface area (Å²) >= 11 is 0.850. The first-order valence-electron chi connectivity index (χ1n) is 8.37. The lowest BCUT2D eigenvalue weighted by Crippen LogP contribution is -2.32. The second-order valence-corrected chi connectivity index (χ2v) is 8.89. The SMILES string of the molecule is CC[C@@H](Oc1ccccc1)C(=O)Nc1nnc(S(=O)(=O)N2CCCC2)s1. The zero-order chi connectivity index (χ0) is 18.6. The minimum Gasteiger partial charge on any atom is -0.481 e. The molecule has 1 aromatic heterocycles. The predicted molar refractivity (Wildman–Crippen MR) is 97.7 cm³/mol. The molecule has 3 rings (SSSR count). The molecule has 0 radical (unpaired) electrons. The van der Waals surface area contributed by atoms with Crippen molar-refractivity contribution in [1.82, 2.24) is 14.5 Å². The maximum absolute atomic E-state index is 12.5. The van der Waals surface area contributed by atoms with Crippen molar-refractivity contribution in [3.63, 3.8) is 0 Å². The van der Waals surface area contributed by atoms with Gasteiger partial charge in [-0.2, -0.15) is 4.31 Å². The Morgan fingerprint density at radius 3 is 2.62 bits per heavy atom. The Balaban J connectivity index is 1.66. The highest BCUT2D eigenvalue weighted by Crippen LogP contribution is 2.26. The fraction of sp³-hybridized carbons (Fsp3) is 0.438. The quantitative estimate of drug-likeness (QED) is 0.720. The van der Waals surface area contributed by atoms with Gasteiger partial charge in [-0.3, -0.25) is 10.1 Å². The lowest BCUT2D eigenvalue weighted by molar-refractivity contribution is -0.122. The van der Waals surface area contributed by atoms with Gasteiger partial charge >= 0.3 is 0 Å². The van der Waals surface area contributed by atoms with E-state index in [4.69, 9.17) is 4.74 Å². The van der Waals surface area contributed by atoms with Crippen LogP contribution in [-0.4, -0.2) is 48.0 Å². The molecule has 8 nitrogen and oxygen atoms in total. The third-order valence-corrected chi connectivity index (χ3v) is 7.03. The topological polar surface area (TPSA) is 101 Å². The van der Waals surface area contributed by atoms with Crippen LogP contribution in [0, 0.1) is 0 Å². The van der Waals surface area contributed by atoms with Crippen molar-refractivity contribution in [1.29, 1.82) is 0 Å². The number of benzene rings is 1. The van der Waals surface area contributed by atoms with Crippen molar-refractivity contribution in [2.75, 3.05) is 18.4 Å². The van der Waals surface area contributed by atoms with Crippen LogP contribution in [0.3, 0.4) is 0 Å². The molecule has 140 valence electrons. The van der Waals surface area contributed by atoms with Crippen molar-refractivity contribution < 1.29 is 17.9 Å². The molecular formula is C16H20N4O4S2. The third kappa shape index (κ3) is 4.19. The molecular weight excluding hydrogens is 376 g/mol. The van der Waals surface area contributed by atoms with Crippen LogP contribution >= 0.6 is 11.3 Å². The molecule has 1 atom stereocenters. The fourth-order valence-electron chi connectivity index (χ4n) is 2.57. The summed E-state index contributed by atoms with van der Waals surface area (Å²) in [4.78, 5) is 12.4. The summed E-state index contributed by atoms with van der Waals surface area (Å²) in [6, 6.07) is 9.03. The monoisotopic (exact) mass is 396 g/mol. The molecule has 10 heteroatoms. The standard InChI is InChI=1S/C16H20N4O4S2/c1-2-13(24-12-8-4-3-5-9-12)14(21)17-15-18-19-16(25-15)26(22,23)20-10-6-7-11-20/h3-5,8-9,13H,2,6-7,10-11H2,1H3,(H,17,18,21)/t13-/m1/s1. The first kappa shape index (κ1) is 18.7. The van der Waals surface area contributed by atoms with Gasteiger partial charge in [0.05, 0.1) is 0 Å². The molecule has 2 heterocycles. The van der Waals surface area contributed by atoms with Crippen LogP contribution in [0.5, 0.6) is 5.75 Å². The van der Waals surface area contributed by atoms with Crippen molar-refractivity contribution in [3.05, 3.63) is 30.3 Å². The van der Waals surface area contributed by atoms with Crippen molar-refractivity contribution in [3.8, 4) is 5.75 Å². The third-order valence-electron chi connectivity index (χ3n) is 3.95. The number of ether oxygens (including phenoxy) is 1. The molecule has 0 aliphatic carbocycles. The summed E-state index contributed by atoms with van der Waals surface area (Å²) in [6.45, 7) is 2.81. The van der Waals surface area contributed by atoms with Crippen LogP contribution in [0.4, 0.5) is 5.13 Å². The molecule has 1 amide bonds. The zero-order valence-electron chi connectivity index (χ0n) is 14.3. The highest BCUT2D eigenvalue weighted by Gasteiger charge is 2.31. The van der Waals surface area contributed by atoms with Crippen LogP contribution < -0.4 is 10.1 Å². The molecule has 0 saturated carbocycles. The minimum atomic E-state index is -3.63. The van der Waals surface area contributed by atoms with Gasteiger partial charge in [-0.15, -0.1) is 10.2 Å². The van der Waals surface area contributed by atoms with Gasteiger partial charge in [-0.05, 0) is 31.4 Å². The highest BCUT2D eigenvalue weighted by molar-refractivity contribution is 7.91. The van der Waals surface area contributed by atoms with E-state index in [1.165, 1.54) is 4.31 Å². The van der Waals surface area contributed by atoms with Crippen LogP contribution in [0.25, 0.3) is 0 Å². The van der Waals surface area contributed by atoms with Crippen molar-refractivity contribution in [2.24, 2.45) is 0 Å². The number of hydrogen-bond donors (Lipinski definition) is 1. The normalized spacial score (nSPS) is 16.3. The summed E-state index contributed by atoms with van der Waals surface area (Å²) in [5.41, 5.74) is 0. The number of rotatable bonds is 7. The first-order chi connectivity index (χ1) is 12.5. The van der Waals surface area contributed by atoms with Gasteiger partial charge in [0.15, 0.2) is 6.10 Å². The number of sulfonamides is 1. The molecule has 0 spiro atoms. The van der Waals surface area contributed by atoms with Crippen LogP contribution in [-0.2, 0) is 14.8 Å². The Labute approximate surface area is 156 Å². The summed E-state index contributed by atoms with van der Waals surface area (Å²) in [5.74, 6) is 0.196. The average Bonchev–Trinajstić information content (AvgIpc) is 3.33. The van der Waals surface area contributed by atoms with Gasteiger partial charge in [0, 0.05) is 13.1 Å². The number of carbonyl (C=O) groups is 1. The molecule has 2 aromatic rings. The number of hydrogen-bond acceptors (Lipinski definition) is 7. The Kier molecular flexibility index (Phi) is 5.84. The van der Waals surface area contributed by atoms with Crippen LogP contribution in [0.2, 0.25) is 0 Å². The summed E-state index contributed by atoms with van der Waals surface area (Å²) in [7, 11) is -3.63. The molecule has 1 aliphatic heterocycles. The first-order valence-corrected chi connectivity index (χ1v) is 10.6. The fourth-order valence-corrected chi connectivity index (χ4v) is 5.13. The Bertz CT molecular complexity index is 848. The predicted octanol–water partition coefficient (Wildman–Crippen LogP) is 2.12. The van der Waals surface area contributed by atoms with E-state index >= 15 is 0 Å². The van der Waals surface area contributed by atoms with E-state index in [2.05, 4.69) is 15.5 Å². The molecule has 1 aliphatic rings. The largest absolute Gasteiger partial charge is 0.481 e. The second kappa shape index (κ2) is 8.11. The minimum absolute atomic E-state index is 0.105. The van der Waals surface area contributed by atoms with E-state index in [1.807, 2.05) is 25.1 Å². The van der Waals surface area contributed by atoms with E-state index in [1.54, 1.807) is 12.1 Å². The van der Waals surface area contributed by atoms with Gasteiger partial charge in [-0.1, -0.05) is 36.5 Å². The van der Waals surface area contributed by atoms with E-state index in [9.17, 15) is 13.2 Å². The second-order valence-electron chi connectivity index (χ2n) is 5.80. The maximum Gasteiger partial charge on any atom is 0.272 e. The summed E-state index contributed by atoms with van der Waals surface area (Å²) in [6.07, 6.45) is 1.44. The zero-order valence-corrected chi connectivity index (χ0v) is 15.9. The van der Waals surface area contributed by atoms with Gasteiger partial charge in [0.25, 0.3) is 15.9 Å². The van der Waals surface area contributed by atoms with Crippen molar-refractivity contribution >= 4 is 32.4 Å². The lowest BCUT2D eigenvalue weighted by atomic mass is 10.2. The Hall–Kier alpha value is -2.04. The molecule has 0 unspecified atom stereocenters. The van der Waals surface area contributed by atoms with E-state index in [-0.39, 0.29) is 9.47 Å². The van der Waals surface area contributed by atoms with E-state index in [0.717, 1.165) is 24.2 Å². The van der Waals surface area contributed by atoms with Gasteiger partial charge in [-0.25, -0.2) is 8.42 Å². The number of anilines is 1. The highest BCUT2D eigenvalue weighted by atomic mass is 32.2. The number of nitrogens with one attached hydrogen (secondary N) is 1.